The standard InChI is InChI=1S/C53H78N6O15S/c1-10-43-37(28-70-53-51(68-9)50(67-8)47(65)34(6)72-53)24-30(2)12-17-41(61)31(3)25-36(19-22-60)49(32(4)42(62)26-44(63)73-43)74-52-48(66)45(46(64)33(5)71-52)58(7)21-18-38-27-59(56-54-38)20-11-23-69-39-15-13-35(14-16-39)40-29-75-57-55-40/h12-17,22,24,27,29,31-34,36-37,42-43,45-53,62,64-66H,10-11,18-21,23,25-26,28H2,1-9H3/t31-,32+,33-,34-,36+,37-,42-,43-,45+,46-,47-,48-,49-,50-,51-,52+,53?/m1/s1. The average Bonchev–Trinajstić information content (AvgIpc) is 4.11. The molecule has 21 nitrogen and oxygen atoms in total. The zero-order chi connectivity index (χ0) is 54.3. The fourth-order valence-corrected chi connectivity index (χ4v) is 10.6. The Morgan fingerprint density at radius 3 is 2.32 bits per heavy atom. The maximum atomic E-state index is 13.8. The van der Waals surface area contributed by atoms with E-state index < -0.39 is 116 Å². The van der Waals surface area contributed by atoms with Gasteiger partial charge in [0.15, 0.2) is 18.4 Å². The van der Waals surface area contributed by atoms with E-state index in [2.05, 4.69) is 19.9 Å². The minimum atomic E-state index is -1.42. The molecule has 0 bridgehead atoms. The van der Waals surface area contributed by atoms with E-state index in [0.717, 1.165) is 23.3 Å². The number of cyclic esters (lactones) is 1. The van der Waals surface area contributed by atoms with Crippen molar-refractivity contribution >= 4 is 29.6 Å². The van der Waals surface area contributed by atoms with E-state index in [4.69, 9.17) is 37.9 Å². The van der Waals surface area contributed by atoms with Crippen molar-refractivity contribution in [1.29, 1.82) is 0 Å². The fourth-order valence-electron chi connectivity index (χ4n) is 10.1. The highest BCUT2D eigenvalue weighted by Gasteiger charge is 2.48. The second-order valence-electron chi connectivity index (χ2n) is 20.1. The lowest BCUT2D eigenvalue weighted by atomic mass is 9.79. The van der Waals surface area contributed by atoms with Crippen LogP contribution in [0.15, 0.2) is 59.6 Å². The SMILES string of the molecule is CC[C@H]1OC(=O)C[C@@H](O)[C@H](C)[C@@H](O[C@@H]2O[C@H](C)[C@@H](O)[C@H](N(C)CCc3cn(CCCOc4ccc(-c5csnn5)cc4)nn3)[C@H]2O)[C@@H](CC=O)C[C@@H](C)C(=O)C=CC(C)=C[C@@H]1COC1O[C@H](C)[C@@H](O)[C@@H](OC)[C@H]1OC. The average molecular weight is 1070 g/mol. The molecule has 1 aromatic carbocycles. The number of rotatable bonds is 20. The van der Waals surface area contributed by atoms with E-state index in [-0.39, 0.29) is 25.2 Å². The van der Waals surface area contributed by atoms with Gasteiger partial charge in [0, 0.05) is 81.5 Å². The van der Waals surface area contributed by atoms with Gasteiger partial charge in [0.1, 0.15) is 48.2 Å². The van der Waals surface area contributed by atoms with Crippen molar-refractivity contribution in [1.82, 2.24) is 29.5 Å². The van der Waals surface area contributed by atoms with Crippen molar-refractivity contribution in [3.63, 3.8) is 0 Å². The summed E-state index contributed by atoms with van der Waals surface area (Å²) in [5.41, 5.74) is 3.18. The molecule has 0 saturated carbocycles. The molecule has 4 N–H and O–H groups in total. The first-order valence-corrected chi connectivity index (χ1v) is 26.8. The molecule has 0 radical (unpaired) electrons. The van der Waals surface area contributed by atoms with E-state index in [1.54, 1.807) is 45.5 Å². The summed E-state index contributed by atoms with van der Waals surface area (Å²) >= 11 is 1.30. The predicted molar refractivity (Wildman–Crippen MR) is 274 cm³/mol. The summed E-state index contributed by atoms with van der Waals surface area (Å²) in [6.07, 6.45) is -3.24. The first-order chi connectivity index (χ1) is 36.0. The second kappa shape index (κ2) is 28.8. The number of aldehydes is 1. The number of aliphatic hydroxyl groups excluding tert-OH is 4. The summed E-state index contributed by atoms with van der Waals surface area (Å²) in [6, 6.07) is 6.80. The number of likely N-dealkylation sites (N-methyl/N-ethyl adjacent to an activating group) is 1. The lowest BCUT2D eigenvalue weighted by molar-refractivity contribution is -0.305. The van der Waals surface area contributed by atoms with Gasteiger partial charge in [-0.15, -0.1) is 10.2 Å². The number of methoxy groups -OCH3 is 2. The summed E-state index contributed by atoms with van der Waals surface area (Å²) in [7, 11) is 4.70. The Morgan fingerprint density at radius 2 is 1.64 bits per heavy atom. The highest BCUT2D eigenvalue weighted by atomic mass is 32.1. The molecule has 3 aromatic rings. The third-order valence-corrected chi connectivity index (χ3v) is 15.1. The van der Waals surface area contributed by atoms with Crippen molar-refractivity contribution < 1.29 is 72.7 Å². The Hall–Kier alpha value is -4.43. The fraction of sp³-hybridized carbons (Fsp3) is 0.679. The van der Waals surface area contributed by atoms with Gasteiger partial charge in [-0.2, -0.15) is 0 Å². The number of hydrogen-bond acceptors (Lipinski definition) is 21. The van der Waals surface area contributed by atoms with Gasteiger partial charge in [-0.25, -0.2) is 0 Å². The minimum Gasteiger partial charge on any atom is -0.494 e. The number of carbonyl (C=O) groups excluding carboxylic acids is 3. The molecule has 17 atom stereocenters. The Kier molecular flexibility index (Phi) is 23.0. The third-order valence-electron chi connectivity index (χ3n) is 14.6. The molecule has 5 heterocycles. The van der Waals surface area contributed by atoms with Gasteiger partial charge < -0.3 is 63.1 Å². The molecule has 3 aliphatic heterocycles. The molecule has 2 aromatic heterocycles. The van der Waals surface area contributed by atoms with Gasteiger partial charge in [0.05, 0.1) is 61.9 Å². The van der Waals surface area contributed by atoms with Crippen molar-refractivity contribution in [3.8, 4) is 17.0 Å². The molecule has 2 saturated heterocycles. The molecule has 3 aliphatic rings. The lowest BCUT2D eigenvalue weighted by Gasteiger charge is -2.47. The highest BCUT2D eigenvalue weighted by Crippen LogP contribution is 2.35. The highest BCUT2D eigenvalue weighted by molar-refractivity contribution is 7.03. The van der Waals surface area contributed by atoms with Crippen molar-refractivity contribution in [3.05, 3.63) is 65.3 Å². The van der Waals surface area contributed by atoms with Crippen LogP contribution in [-0.4, -0.2) is 189 Å². The monoisotopic (exact) mass is 1070 g/mol. The van der Waals surface area contributed by atoms with E-state index in [1.165, 1.54) is 31.8 Å². The van der Waals surface area contributed by atoms with Crippen LogP contribution in [0.4, 0.5) is 0 Å². The van der Waals surface area contributed by atoms with Crippen LogP contribution < -0.4 is 4.74 Å². The number of hydrogen-bond donors (Lipinski definition) is 4. The van der Waals surface area contributed by atoms with Crippen LogP contribution in [0.3, 0.4) is 0 Å². The number of nitrogens with zero attached hydrogens (tertiary/aromatic N) is 6. The first kappa shape index (κ1) is 59.8. The number of carbonyl (C=O) groups is 3. The maximum absolute atomic E-state index is 13.8. The summed E-state index contributed by atoms with van der Waals surface area (Å²) in [5, 5.41) is 60.7. The smallest absolute Gasteiger partial charge is 0.308 e. The summed E-state index contributed by atoms with van der Waals surface area (Å²) in [6.45, 7) is 11.9. The molecular weight excluding hydrogens is 993 g/mol. The zero-order valence-corrected chi connectivity index (χ0v) is 45.3. The lowest BCUT2D eigenvalue weighted by Crippen LogP contribution is -2.64. The van der Waals surface area contributed by atoms with E-state index >= 15 is 0 Å². The summed E-state index contributed by atoms with van der Waals surface area (Å²) in [5.74, 6) is -2.88. The normalized spacial score (nSPS) is 33.5. The summed E-state index contributed by atoms with van der Waals surface area (Å²) < 4.78 is 53.9. The van der Waals surface area contributed by atoms with Gasteiger partial charge in [0.25, 0.3) is 0 Å². The van der Waals surface area contributed by atoms with Crippen LogP contribution in [0.2, 0.25) is 0 Å². The van der Waals surface area contributed by atoms with E-state index in [9.17, 15) is 34.8 Å². The number of ketones is 1. The van der Waals surface area contributed by atoms with Crippen molar-refractivity contribution in [2.75, 3.05) is 41.0 Å². The topological polar surface area (TPSA) is 266 Å². The maximum Gasteiger partial charge on any atom is 0.308 e. The van der Waals surface area contributed by atoms with Crippen LogP contribution >= 0.6 is 11.5 Å². The van der Waals surface area contributed by atoms with Crippen molar-refractivity contribution in [2.45, 2.75) is 166 Å². The number of esters is 1. The molecule has 0 amide bonds. The van der Waals surface area contributed by atoms with E-state index in [0.29, 0.717) is 50.2 Å². The molecule has 75 heavy (non-hydrogen) atoms. The Labute approximate surface area is 443 Å². The third kappa shape index (κ3) is 16.1. The Bertz CT molecular complexity index is 2290. The van der Waals surface area contributed by atoms with Crippen LogP contribution in [0.25, 0.3) is 11.3 Å². The summed E-state index contributed by atoms with van der Waals surface area (Å²) in [4.78, 5) is 41.8. The zero-order valence-electron chi connectivity index (χ0n) is 44.5. The number of aryl methyl sites for hydroxylation is 1. The van der Waals surface area contributed by atoms with Gasteiger partial charge in [0.2, 0.25) is 0 Å². The van der Waals surface area contributed by atoms with Crippen LogP contribution in [0.5, 0.6) is 5.75 Å². The molecular formula is C53H78N6O15S. The number of allylic oxidation sites excluding steroid dienone is 3. The first-order valence-electron chi connectivity index (χ1n) is 25.9. The minimum absolute atomic E-state index is 0.0101. The van der Waals surface area contributed by atoms with Crippen LogP contribution in [0, 0.1) is 23.7 Å². The van der Waals surface area contributed by atoms with Gasteiger partial charge in [-0.05, 0) is 88.5 Å². The van der Waals surface area contributed by atoms with Gasteiger partial charge >= 0.3 is 5.97 Å². The number of aliphatic hydroxyl groups is 4. The predicted octanol–water partition coefficient (Wildman–Crippen LogP) is 3.75. The number of ether oxygens (including phenoxy) is 8. The molecule has 416 valence electrons. The molecule has 1 unspecified atom stereocenters. The molecule has 0 aliphatic carbocycles. The van der Waals surface area contributed by atoms with Crippen molar-refractivity contribution in [2.24, 2.45) is 23.7 Å². The van der Waals surface area contributed by atoms with Gasteiger partial charge in [-0.1, -0.05) is 48.2 Å². The largest absolute Gasteiger partial charge is 0.494 e. The van der Waals surface area contributed by atoms with Crippen LogP contribution in [-0.2, 0) is 60.5 Å². The molecule has 2 fully saturated rings. The van der Waals surface area contributed by atoms with E-state index in [1.807, 2.05) is 60.7 Å². The Morgan fingerprint density at radius 1 is 0.920 bits per heavy atom. The van der Waals surface area contributed by atoms with Gasteiger partial charge in [-0.3, -0.25) is 19.2 Å². The number of benzene rings is 1. The quantitative estimate of drug-likeness (QED) is 0.0713. The number of aromatic nitrogens is 5. The molecule has 0 spiro atoms. The molecule has 22 heteroatoms. The second-order valence-corrected chi connectivity index (χ2v) is 20.7. The van der Waals surface area contributed by atoms with Crippen LogP contribution in [0.1, 0.15) is 79.3 Å². The molecule has 6 rings (SSSR count). The Balaban J connectivity index is 1.11.